The number of rotatable bonds is 4. The Kier molecular flexibility index (Phi) is 5.35. The van der Waals surface area contributed by atoms with Gasteiger partial charge in [0.15, 0.2) is 0 Å². The number of H-pyrrole nitrogens is 1. The predicted molar refractivity (Wildman–Crippen MR) is 75.7 cm³/mol. The third kappa shape index (κ3) is 3.26. The zero-order valence-corrected chi connectivity index (χ0v) is 11.4. The number of aliphatic hydroxyl groups excluding tert-OH is 1. The summed E-state index contributed by atoms with van der Waals surface area (Å²) in [4.78, 5) is 14.5. The van der Waals surface area contributed by atoms with Gasteiger partial charge in [0.05, 0.1) is 19.3 Å². The van der Waals surface area contributed by atoms with E-state index in [-0.39, 0.29) is 31.0 Å². The lowest BCUT2D eigenvalue weighted by atomic mass is 10.0. The molecular weight excluding hydrogens is 268 g/mol. The van der Waals surface area contributed by atoms with E-state index in [1.165, 1.54) is 7.11 Å². The molecule has 0 saturated carbocycles. The number of benzene rings is 1. The van der Waals surface area contributed by atoms with Gasteiger partial charge in [-0.3, -0.25) is 0 Å². The van der Waals surface area contributed by atoms with Crippen LogP contribution < -0.4 is 5.73 Å². The minimum atomic E-state index is -0.361. The Morgan fingerprint density at radius 1 is 1.53 bits per heavy atom. The number of nitrogens with one attached hydrogen (secondary N) is 1. The van der Waals surface area contributed by atoms with Crippen molar-refractivity contribution < 1.29 is 14.6 Å². The van der Waals surface area contributed by atoms with Crippen molar-refractivity contribution in [2.24, 2.45) is 5.73 Å². The van der Waals surface area contributed by atoms with Gasteiger partial charge in [-0.15, -0.1) is 12.4 Å². The molecule has 2 rings (SSSR count). The molecule has 1 aromatic heterocycles. The minimum absolute atomic E-state index is 0. The number of carbonyl (C=O) groups excluding carboxylic acids is 1. The number of aliphatic hydroxyl groups is 1. The molecule has 0 radical (unpaired) electrons. The van der Waals surface area contributed by atoms with Gasteiger partial charge in [-0.25, -0.2) is 4.79 Å². The molecule has 0 bridgehead atoms. The highest BCUT2D eigenvalue weighted by atomic mass is 35.5. The first-order chi connectivity index (χ1) is 8.65. The van der Waals surface area contributed by atoms with Crippen molar-refractivity contribution in [3.8, 4) is 0 Å². The van der Waals surface area contributed by atoms with E-state index in [0.717, 1.165) is 16.5 Å². The van der Waals surface area contributed by atoms with E-state index in [9.17, 15) is 4.79 Å². The maximum absolute atomic E-state index is 11.4. The van der Waals surface area contributed by atoms with Gasteiger partial charge in [0.1, 0.15) is 0 Å². The first-order valence-corrected chi connectivity index (χ1v) is 5.70. The van der Waals surface area contributed by atoms with Crippen molar-refractivity contribution in [1.29, 1.82) is 0 Å². The molecule has 0 amide bonds. The molecule has 1 unspecified atom stereocenters. The summed E-state index contributed by atoms with van der Waals surface area (Å²) in [6, 6.07) is 5.05. The predicted octanol–water partition coefficient (Wildman–Crippen LogP) is 1.24. The molecule has 6 heteroatoms. The fourth-order valence-corrected chi connectivity index (χ4v) is 1.95. The second kappa shape index (κ2) is 6.56. The van der Waals surface area contributed by atoms with Gasteiger partial charge in [0.2, 0.25) is 0 Å². The molecule has 0 aliphatic carbocycles. The molecule has 19 heavy (non-hydrogen) atoms. The third-order valence-electron chi connectivity index (χ3n) is 2.91. The van der Waals surface area contributed by atoms with Crippen LogP contribution in [0.1, 0.15) is 15.9 Å². The number of halogens is 1. The fourth-order valence-electron chi connectivity index (χ4n) is 1.95. The van der Waals surface area contributed by atoms with Crippen molar-refractivity contribution in [3.63, 3.8) is 0 Å². The summed E-state index contributed by atoms with van der Waals surface area (Å²) < 4.78 is 4.67. The molecule has 0 fully saturated rings. The molecule has 0 aliphatic heterocycles. The fraction of sp³-hybridized carbons (Fsp3) is 0.308. The average Bonchev–Trinajstić information content (AvgIpc) is 2.80. The SMILES string of the molecule is COC(=O)c1ccc2c(CC(N)CO)c[nH]c2c1.Cl. The Morgan fingerprint density at radius 3 is 2.89 bits per heavy atom. The number of ether oxygens (including phenoxy) is 1. The highest BCUT2D eigenvalue weighted by Gasteiger charge is 2.11. The van der Waals surface area contributed by atoms with E-state index in [4.69, 9.17) is 10.8 Å². The number of hydrogen-bond acceptors (Lipinski definition) is 4. The standard InChI is InChI=1S/C13H16N2O3.ClH/c1-18-13(17)8-2-3-11-9(4-10(14)7-16)6-15-12(11)5-8;/h2-3,5-6,10,15-16H,4,7,14H2,1H3;1H. The van der Waals surface area contributed by atoms with Gasteiger partial charge < -0.3 is 20.6 Å². The molecule has 1 heterocycles. The number of carbonyl (C=O) groups is 1. The smallest absolute Gasteiger partial charge is 0.337 e. The van der Waals surface area contributed by atoms with E-state index >= 15 is 0 Å². The topological polar surface area (TPSA) is 88.3 Å². The number of nitrogens with two attached hydrogens (primary N) is 1. The van der Waals surface area contributed by atoms with Crippen LogP contribution >= 0.6 is 12.4 Å². The van der Waals surface area contributed by atoms with Crippen LogP contribution in [0, 0.1) is 0 Å². The van der Waals surface area contributed by atoms with Crippen LogP contribution in [0.25, 0.3) is 10.9 Å². The van der Waals surface area contributed by atoms with Crippen LogP contribution in [-0.2, 0) is 11.2 Å². The van der Waals surface area contributed by atoms with E-state index in [1.807, 2.05) is 12.3 Å². The Bertz CT molecular complexity index is 568. The summed E-state index contributed by atoms with van der Waals surface area (Å²) in [5.74, 6) is -0.361. The minimum Gasteiger partial charge on any atom is -0.465 e. The van der Waals surface area contributed by atoms with Crippen LogP contribution in [-0.4, -0.2) is 35.8 Å². The van der Waals surface area contributed by atoms with E-state index < -0.39 is 0 Å². The van der Waals surface area contributed by atoms with E-state index in [1.54, 1.807) is 12.1 Å². The molecule has 104 valence electrons. The molecule has 0 spiro atoms. The van der Waals surface area contributed by atoms with E-state index in [2.05, 4.69) is 9.72 Å². The monoisotopic (exact) mass is 284 g/mol. The molecule has 1 atom stereocenters. The third-order valence-corrected chi connectivity index (χ3v) is 2.91. The van der Waals surface area contributed by atoms with E-state index in [0.29, 0.717) is 12.0 Å². The Hall–Kier alpha value is -1.56. The van der Waals surface area contributed by atoms with Crippen molar-refractivity contribution in [1.82, 2.24) is 4.98 Å². The second-order valence-corrected chi connectivity index (χ2v) is 4.21. The first kappa shape index (κ1) is 15.5. The summed E-state index contributed by atoms with van der Waals surface area (Å²) in [7, 11) is 1.35. The highest BCUT2D eigenvalue weighted by Crippen LogP contribution is 2.21. The van der Waals surface area contributed by atoms with Crippen LogP contribution in [0.3, 0.4) is 0 Å². The van der Waals surface area contributed by atoms with Crippen LogP contribution in [0.5, 0.6) is 0 Å². The number of aromatic nitrogens is 1. The van der Waals surface area contributed by atoms with Crippen molar-refractivity contribution in [2.75, 3.05) is 13.7 Å². The summed E-state index contributed by atoms with van der Waals surface area (Å²) in [6.45, 7) is -0.0487. The average molecular weight is 285 g/mol. The zero-order valence-electron chi connectivity index (χ0n) is 10.6. The number of fused-ring (bicyclic) bond motifs is 1. The van der Waals surface area contributed by atoms with Crippen LogP contribution in [0.4, 0.5) is 0 Å². The quantitative estimate of drug-likeness (QED) is 0.737. The lowest BCUT2D eigenvalue weighted by molar-refractivity contribution is 0.0601. The Morgan fingerprint density at radius 2 is 2.26 bits per heavy atom. The van der Waals surface area contributed by atoms with Crippen molar-refractivity contribution >= 4 is 29.3 Å². The van der Waals surface area contributed by atoms with Gasteiger partial charge in [-0.1, -0.05) is 6.07 Å². The molecule has 4 N–H and O–H groups in total. The van der Waals surface area contributed by atoms with Gasteiger partial charge >= 0.3 is 5.97 Å². The zero-order chi connectivity index (χ0) is 13.1. The Labute approximate surface area is 117 Å². The van der Waals surface area contributed by atoms with Gasteiger partial charge in [-0.2, -0.15) is 0 Å². The highest BCUT2D eigenvalue weighted by molar-refractivity contribution is 5.95. The van der Waals surface area contributed by atoms with Gasteiger partial charge in [0, 0.05) is 23.1 Å². The lowest BCUT2D eigenvalue weighted by Crippen LogP contribution is -2.26. The molecule has 5 nitrogen and oxygen atoms in total. The summed E-state index contributed by atoms with van der Waals surface area (Å²) in [6.07, 6.45) is 2.44. The first-order valence-electron chi connectivity index (χ1n) is 5.70. The lowest BCUT2D eigenvalue weighted by Gasteiger charge is -2.06. The molecule has 1 aromatic carbocycles. The van der Waals surface area contributed by atoms with Crippen molar-refractivity contribution in [2.45, 2.75) is 12.5 Å². The number of hydrogen-bond donors (Lipinski definition) is 3. The maximum atomic E-state index is 11.4. The largest absolute Gasteiger partial charge is 0.465 e. The molecule has 0 aliphatic rings. The van der Waals surface area contributed by atoms with Crippen LogP contribution in [0.2, 0.25) is 0 Å². The molecule has 2 aromatic rings. The normalized spacial score (nSPS) is 11.9. The number of aromatic amines is 1. The van der Waals surface area contributed by atoms with Crippen LogP contribution in [0.15, 0.2) is 24.4 Å². The van der Waals surface area contributed by atoms with Crippen molar-refractivity contribution in [3.05, 3.63) is 35.5 Å². The van der Waals surface area contributed by atoms with Gasteiger partial charge in [-0.05, 0) is 24.1 Å². The second-order valence-electron chi connectivity index (χ2n) is 4.21. The summed E-state index contributed by atoms with van der Waals surface area (Å²) in [5, 5.41) is 9.96. The summed E-state index contributed by atoms with van der Waals surface area (Å²) in [5.41, 5.74) is 8.11. The number of esters is 1. The maximum Gasteiger partial charge on any atom is 0.337 e. The summed E-state index contributed by atoms with van der Waals surface area (Å²) >= 11 is 0. The van der Waals surface area contributed by atoms with Gasteiger partial charge in [0.25, 0.3) is 0 Å². The molecule has 0 saturated heterocycles. The number of methoxy groups -OCH3 is 1. The molecular formula is C13H17ClN2O3. The Balaban J connectivity index is 0.00000180.